The minimum absolute atomic E-state index is 0.0257. The monoisotopic (exact) mass is 590 g/mol. The van der Waals surface area contributed by atoms with Crippen molar-refractivity contribution in [2.75, 3.05) is 13.2 Å². The molecular formula is C29H30N6O8. The number of aromatic nitrogens is 4. The molecule has 0 atom stereocenters. The van der Waals surface area contributed by atoms with Crippen LogP contribution in [0.15, 0.2) is 73.3 Å². The molecule has 0 amide bonds. The van der Waals surface area contributed by atoms with Crippen molar-refractivity contribution in [3.8, 4) is 0 Å². The molecule has 0 saturated heterocycles. The average molecular weight is 591 g/mol. The Hall–Kier alpha value is -5.40. The van der Waals surface area contributed by atoms with Crippen LogP contribution in [0.2, 0.25) is 0 Å². The molecule has 0 aliphatic rings. The van der Waals surface area contributed by atoms with E-state index in [2.05, 4.69) is 10.2 Å². The summed E-state index contributed by atoms with van der Waals surface area (Å²) in [5.41, 5.74) is 3.42. The zero-order valence-electron chi connectivity index (χ0n) is 23.2. The fraction of sp³-hybridized carbons (Fsp3) is 0.310. The number of hydrogen-bond acceptors (Lipinski definition) is 10. The normalized spacial score (nSPS) is 10.8. The van der Waals surface area contributed by atoms with Gasteiger partial charge < -0.3 is 9.47 Å². The maximum Gasteiger partial charge on any atom is 0.317 e. The first-order chi connectivity index (χ1) is 20.7. The number of nitro benzene ring substituents is 2. The van der Waals surface area contributed by atoms with Crippen molar-refractivity contribution < 1.29 is 28.9 Å². The molecule has 2 aromatic heterocycles. The molecule has 0 spiro atoms. The highest BCUT2D eigenvalue weighted by molar-refractivity contribution is 5.91. The topological polar surface area (TPSA) is 175 Å². The van der Waals surface area contributed by atoms with E-state index >= 15 is 0 Å². The van der Waals surface area contributed by atoms with E-state index in [0.717, 1.165) is 22.3 Å². The fourth-order valence-corrected chi connectivity index (χ4v) is 4.30. The second kappa shape index (κ2) is 15.0. The molecule has 0 radical (unpaired) electrons. The first kappa shape index (κ1) is 30.6. The third-order valence-electron chi connectivity index (χ3n) is 6.34. The molecule has 14 nitrogen and oxygen atoms in total. The maximum atomic E-state index is 12.0. The fourth-order valence-electron chi connectivity index (χ4n) is 4.30. The third-order valence-corrected chi connectivity index (χ3v) is 6.34. The number of ether oxygens (including phenoxy) is 2. The van der Waals surface area contributed by atoms with Crippen LogP contribution < -0.4 is 0 Å². The first-order valence-corrected chi connectivity index (χ1v) is 13.6. The SMILES string of the molecule is O=C(CC(=O)OCCCc1cnn(Cc2cccc([N+](=O)[O-])c2)c1)OCCCc1cnn(Cc2cccc([N+](=O)[O-])c2)c1. The first-order valence-electron chi connectivity index (χ1n) is 13.6. The molecule has 4 rings (SSSR count). The van der Waals surface area contributed by atoms with Gasteiger partial charge in [0.05, 0.1) is 48.5 Å². The Labute approximate surface area is 246 Å². The average Bonchev–Trinajstić information content (AvgIpc) is 3.62. The van der Waals surface area contributed by atoms with Gasteiger partial charge in [-0.25, -0.2) is 0 Å². The second-order valence-electron chi connectivity index (χ2n) is 9.77. The molecule has 2 aromatic carbocycles. The summed E-state index contributed by atoms with van der Waals surface area (Å²) in [5, 5.41) is 30.4. The number of non-ortho nitro benzene ring substituents is 2. The lowest BCUT2D eigenvalue weighted by Gasteiger charge is -2.06. The van der Waals surface area contributed by atoms with Gasteiger partial charge in [-0.05, 0) is 47.9 Å². The molecule has 0 N–H and O–H groups in total. The van der Waals surface area contributed by atoms with Crippen LogP contribution in [-0.2, 0) is 45.0 Å². The highest BCUT2D eigenvalue weighted by Gasteiger charge is 2.13. The van der Waals surface area contributed by atoms with Crippen LogP contribution in [0.4, 0.5) is 11.4 Å². The van der Waals surface area contributed by atoms with Gasteiger partial charge in [0.25, 0.3) is 11.4 Å². The number of hydrogen-bond donors (Lipinski definition) is 0. The van der Waals surface area contributed by atoms with E-state index in [1.165, 1.54) is 24.3 Å². The predicted octanol–water partition coefficient (Wildman–Crippen LogP) is 4.03. The van der Waals surface area contributed by atoms with E-state index in [0.29, 0.717) is 38.8 Å². The minimum Gasteiger partial charge on any atom is -0.465 e. The quantitative estimate of drug-likeness (QED) is 0.0609. The van der Waals surface area contributed by atoms with Gasteiger partial charge in [0.2, 0.25) is 0 Å². The lowest BCUT2D eigenvalue weighted by atomic mass is 10.2. The molecule has 0 saturated carbocycles. The van der Waals surface area contributed by atoms with Crippen molar-refractivity contribution in [1.29, 1.82) is 0 Å². The number of carbonyl (C=O) groups excluding carboxylic acids is 2. The summed E-state index contributed by atoms with van der Waals surface area (Å²) in [4.78, 5) is 45.0. The predicted molar refractivity (Wildman–Crippen MR) is 152 cm³/mol. The second-order valence-corrected chi connectivity index (χ2v) is 9.77. The van der Waals surface area contributed by atoms with Gasteiger partial charge in [0.15, 0.2) is 0 Å². The summed E-state index contributed by atoms with van der Waals surface area (Å²) in [6.07, 6.45) is 8.87. The van der Waals surface area contributed by atoms with Crippen LogP contribution in [0.3, 0.4) is 0 Å². The Morgan fingerprint density at radius 2 is 1.14 bits per heavy atom. The zero-order valence-corrected chi connectivity index (χ0v) is 23.2. The molecule has 14 heteroatoms. The molecule has 4 aromatic rings. The van der Waals surface area contributed by atoms with E-state index in [-0.39, 0.29) is 24.6 Å². The summed E-state index contributed by atoms with van der Waals surface area (Å²) in [6.45, 7) is 1.07. The largest absolute Gasteiger partial charge is 0.465 e. The van der Waals surface area contributed by atoms with Crippen molar-refractivity contribution >= 4 is 23.3 Å². The van der Waals surface area contributed by atoms with Gasteiger partial charge in [-0.1, -0.05) is 24.3 Å². The van der Waals surface area contributed by atoms with Crippen LogP contribution in [0.25, 0.3) is 0 Å². The molecule has 2 heterocycles. The minimum atomic E-state index is -0.659. The molecule has 0 aliphatic carbocycles. The van der Waals surface area contributed by atoms with Crippen molar-refractivity contribution in [2.24, 2.45) is 0 Å². The van der Waals surface area contributed by atoms with Gasteiger partial charge in [-0.15, -0.1) is 0 Å². The molecule has 0 unspecified atom stereocenters. The Kier molecular flexibility index (Phi) is 10.7. The number of nitrogens with zero attached hydrogens (tertiary/aromatic N) is 6. The van der Waals surface area contributed by atoms with Crippen molar-refractivity contribution in [3.63, 3.8) is 0 Å². The van der Waals surface area contributed by atoms with Gasteiger partial charge in [0.1, 0.15) is 6.42 Å². The smallest absolute Gasteiger partial charge is 0.317 e. The van der Waals surface area contributed by atoms with E-state index in [4.69, 9.17) is 9.47 Å². The highest BCUT2D eigenvalue weighted by atomic mass is 16.6. The summed E-state index contributed by atoms with van der Waals surface area (Å²) in [6, 6.07) is 12.7. The number of aryl methyl sites for hydroxylation is 2. The van der Waals surface area contributed by atoms with Crippen LogP contribution in [0.1, 0.15) is 41.5 Å². The molecule has 224 valence electrons. The maximum absolute atomic E-state index is 12.0. The van der Waals surface area contributed by atoms with E-state index in [1.807, 2.05) is 12.4 Å². The summed E-state index contributed by atoms with van der Waals surface area (Å²) in [7, 11) is 0. The van der Waals surface area contributed by atoms with Gasteiger partial charge in [-0.2, -0.15) is 10.2 Å². The van der Waals surface area contributed by atoms with E-state index in [9.17, 15) is 29.8 Å². The number of rotatable bonds is 16. The summed E-state index contributed by atoms with van der Waals surface area (Å²) >= 11 is 0. The number of nitro groups is 2. The van der Waals surface area contributed by atoms with Gasteiger partial charge >= 0.3 is 11.9 Å². The number of carbonyl (C=O) groups is 2. The number of esters is 2. The van der Waals surface area contributed by atoms with Crippen LogP contribution in [-0.4, -0.2) is 54.6 Å². The molecule has 0 bridgehead atoms. The van der Waals surface area contributed by atoms with Crippen LogP contribution in [0.5, 0.6) is 0 Å². The molecule has 0 fully saturated rings. The Morgan fingerprint density at radius 1 is 0.698 bits per heavy atom. The van der Waals surface area contributed by atoms with Crippen molar-refractivity contribution in [2.45, 2.75) is 45.2 Å². The third kappa shape index (κ3) is 9.88. The van der Waals surface area contributed by atoms with Gasteiger partial charge in [-0.3, -0.25) is 39.2 Å². The van der Waals surface area contributed by atoms with Crippen molar-refractivity contribution in [1.82, 2.24) is 19.6 Å². The van der Waals surface area contributed by atoms with Crippen LogP contribution >= 0.6 is 0 Å². The van der Waals surface area contributed by atoms with Crippen LogP contribution in [0, 0.1) is 20.2 Å². The molecule has 0 aliphatic heterocycles. The molecular weight excluding hydrogens is 560 g/mol. The van der Waals surface area contributed by atoms with E-state index < -0.39 is 28.2 Å². The summed E-state index contributed by atoms with van der Waals surface area (Å²) < 4.78 is 13.6. The lowest BCUT2D eigenvalue weighted by Crippen LogP contribution is -2.15. The standard InChI is InChI=1S/C29H30N6O8/c36-28(42-11-3-7-24-16-30-32(20-24)18-22-5-1-9-26(13-22)34(38)39)15-29(37)43-12-4-8-25-17-31-33(21-25)19-23-6-2-10-27(14-23)35(40)41/h1-2,5-6,9-10,13-14,16-17,20-21H,3-4,7-8,11-12,15,18-19H2. The zero-order chi connectivity index (χ0) is 30.6. The van der Waals surface area contributed by atoms with E-state index in [1.54, 1.807) is 46.0 Å². The number of benzene rings is 2. The van der Waals surface area contributed by atoms with Gasteiger partial charge in [0, 0.05) is 36.7 Å². The molecule has 43 heavy (non-hydrogen) atoms. The Balaban J connectivity index is 1.07. The Bertz CT molecular complexity index is 1460. The van der Waals surface area contributed by atoms with Crippen molar-refractivity contribution in [3.05, 3.63) is 116 Å². The summed E-state index contributed by atoms with van der Waals surface area (Å²) in [5.74, 6) is -1.32. The lowest BCUT2D eigenvalue weighted by molar-refractivity contribution is -0.385. The Morgan fingerprint density at radius 3 is 1.56 bits per heavy atom. The highest BCUT2D eigenvalue weighted by Crippen LogP contribution is 2.16.